The Morgan fingerprint density at radius 2 is 2.00 bits per heavy atom. The molecule has 0 aromatic heterocycles. The van der Waals surface area contributed by atoms with E-state index in [1.165, 1.54) is 0 Å². The fraction of sp³-hybridized carbons (Fsp3) is 0.500. The van der Waals surface area contributed by atoms with E-state index in [1.54, 1.807) is 0 Å². The Labute approximate surface area is 76.2 Å². The van der Waals surface area contributed by atoms with Crippen molar-refractivity contribution in [1.29, 1.82) is 0 Å². The summed E-state index contributed by atoms with van der Waals surface area (Å²) in [7, 11) is 0. The van der Waals surface area contributed by atoms with E-state index in [1.807, 2.05) is 0 Å². The predicted octanol–water partition coefficient (Wildman–Crippen LogP) is -0.0907. The average Bonchev–Trinajstić information content (AvgIpc) is 2.09. The lowest BCUT2D eigenvalue weighted by Gasteiger charge is -1.99. The molecular weight excluding hydrogens is 174 g/mol. The Morgan fingerprint density at radius 3 is 2.54 bits per heavy atom. The zero-order valence-corrected chi connectivity index (χ0v) is 7.23. The van der Waals surface area contributed by atoms with Gasteiger partial charge in [-0.3, -0.25) is 0 Å². The van der Waals surface area contributed by atoms with Crippen molar-refractivity contribution in [1.82, 2.24) is 0 Å². The number of carbonyl (C=O) groups excluding carboxylic acids is 1. The highest BCUT2D eigenvalue weighted by Gasteiger charge is 1.97. The summed E-state index contributed by atoms with van der Waals surface area (Å²) >= 11 is 0. The molecule has 0 saturated carbocycles. The fourth-order valence-corrected chi connectivity index (χ4v) is 0.607. The Morgan fingerprint density at radius 1 is 1.31 bits per heavy atom. The maximum Gasteiger partial charge on any atom is 0.331 e. The smallest absolute Gasteiger partial charge is 0.331 e. The molecule has 0 aliphatic rings. The molecule has 0 rings (SSSR count). The lowest BCUT2D eigenvalue weighted by molar-refractivity contribution is -0.138. The molecule has 0 spiro atoms. The quantitative estimate of drug-likeness (QED) is 0.344. The van der Waals surface area contributed by atoms with E-state index < -0.39 is 11.9 Å². The minimum atomic E-state index is -1.17. The summed E-state index contributed by atoms with van der Waals surface area (Å²) in [6.07, 6.45) is 3.11. The van der Waals surface area contributed by atoms with Crippen LogP contribution in [0.15, 0.2) is 12.2 Å². The molecule has 0 aliphatic carbocycles. The van der Waals surface area contributed by atoms with Crippen LogP contribution in [0, 0.1) is 0 Å². The van der Waals surface area contributed by atoms with Crippen molar-refractivity contribution >= 4 is 11.9 Å². The van der Waals surface area contributed by atoms with Gasteiger partial charge in [0.2, 0.25) is 0 Å². The maximum absolute atomic E-state index is 10.7. The molecular formula is C8H13NO4. The normalized spacial score (nSPS) is 10.2. The second-order valence-electron chi connectivity index (χ2n) is 2.33. The van der Waals surface area contributed by atoms with Crippen molar-refractivity contribution in [3.8, 4) is 0 Å². The molecule has 0 saturated heterocycles. The maximum atomic E-state index is 10.7. The number of carboxylic acids is 1. The van der Waals surface area contributed by atoms with Crippen LogP contribution in [0.3, 0.4) is 0 Å². The first-order valence-corrected chi connectivity index (χ1v) is 3.94. The predicted molar refractivity (Wildman–Crippen MR) is 46.0 cm³/mol. The third-order valence-corrected chi connectivity index (χ3v) is 1.20. The van der Waals surface area contributed by atoms with Crippen molar-refractivity contribution in [2.75, 3.05) is 13.2 Å². The van der Waals surface area contributed by atoms with Gasteiger partial charge in [-0.25, -0.2) is 9.59 Å². The van der Waals surface area contributed by atoms with E-state index >= 15 is 0 Å². The first kappa shape index (κ1) is 11.6. The van der Waals surface area contributed by atoms with E-state index in [2.05, 4.69) is 4.74 Å². The number of rotatable bonds is 6. The minimum absolute atomic E-state index is 0.278. The number of ether oxygens (including phenoxy) is 1. The number of unbranched alkanes of at least 4 members (excludes halogenated alkanes) is 1. The van der Waals surface area contributed by atoms with Gasteiger partial charge in [-0.1, -0.05) is 0 Å². The van der Waals surface area contributed by atoms with Crippen molar-refractivity contribution in [2.45, 2.75) is 12.8 Å². The Hall–Kier alpha value is -1.36. The van der Waals surface area contributed by atoms with E-state index in [-0.39, 0.29) is 6.61 Å². The van der Waals surface area contributed by atoms with Crippen LogP contribution in [-0.4, -0.2) is 30.2 Å². The van der Waals surface area contributed by atoms with Gasteiger partial charge >= 0.3 is 11.9 Å². The van der Waals surface area contributed by atoms with Gasteiger partial charge in [0.15, 0.2) is 0 Å². The van der Waals surface area contributed by atoms with Gasteiger partial charge in [-0.2, -0.15) is 0 Å². The van der Waals surface area contributed by atoms with Crippen LogP contribution in [0.25, 0.3) is 0 Å². The third-order valence-electron chi connectivity index (χ3n) is 1.20. The van der Waals surface area contributed by atoms with Gasteiger partial charge in [0.1, 0.15) is 0 Å². The van der Waals surface area contributed by atoms with Crippen molar-refractivity contribution < 1.29 is 19.4 Å². The Balaban J connectivity index is 3.46. The Bertz CT molecular complexity index is 200. The molecule has 3 N–H and O–H groups in total. The summed E-state index contributed by atoms with van der Waals surface area (Å²) in [4.78, 5) is 20.7. The highest BCUT2D eigenvalue weighted by atomic mass is 16.5. The summed E-state index contributed by atoms with van der Waals surface area (Å²) in [6.45, 7) is 0.836. The molecule has 0 aromatic rings. The summed E-state index contributed by atoms with van der Waals surface area (Å²) in [5.74, 6) is -1.81. The largest absolute Gasteiger partial charge is 0.478 e. The molecule has 0 bridgehead atoms. The van der Waals surface area contributed by atoms with E-state index in [9.17, 15) is 9.59 Å². The molecule has 0 fully saturated rings. The summed E-state index contributed by atoms with van der Waals surface area (Å²) in [5.41, 5.74) is 5.21. The third kappa shape index (κ3) is 8.55. The number of aliphatic carboxylic acids is 1. The standard InChI is InChI=1S/C8H13NO4/c9-5-1-2-6-13-8(12)4-3-7(10)11/h3-4H,1-2,5-6,9H2,(H,10,11). The molecule has 0 radical (unpaired) electrons. The van der Waals surface area contributed by atoms with Crippen molar-refractivity contribution in [3.63, 3.8) is 0 Å². The van der Waals surface area contributed by atoms with Crippen LogP contribution in [-0.2, 0) is 14.3 Å². The van der Waals surface area contributed by atoms with Crippen LogP contribution in [0.1, 0.15) is 12.8 Å². The molecule has 5 heteroatoms. The number of carbonyl (C=O) groups is 2. The first-order valence-electron chi connectivity index (χ1n) is 3.94. The second kappa shape index (κ2) is 7.30. The van der Waals surface area contributed by atoms with Gasteiger partial charge in [-0.05, 0) is 19.4 Å². The zero-order valence-electron chi connectivity index (χ0n) is 7.23. The highest BCUT2D eigenvalue weighted by Crippen LogP contribution is 1.89. The second-order valence-corrected chi connectivity index (χ2v) is 2.33. The van der Waals surface area contributed by atoms with Gasteiger partial charge < -0.3 is 15.6 Å². The zero-order chi connectivity index (χ0) is 10.1. The van der Waals surface area contributed by atoms with Gasteiger partial charge in [-0.15, -0.1) is 0 Å². The van der Waals surface area contributed by atoms with E-state index in [0.29, 0.717) is 13.0 Å². The van der Waals surface area contributed by atoms with Crippen LogP contribution in [0.2, 0.25) is 0 Å². The molecule has 0 aliphatic heterocycles. The summed E-state index contributed by atoms with van der Waals surface area (Å²) < 4.78 is 4.65. The van der Waals surface area contributed by atoms with Crippen LogP contribution in [0.4, 0.5) is 0 Å². The minimum Gasteiger partial charge on any atom is -0.478 e. The van der Waals surface area contributed by atoms with Crippen LogP contribution < -0.4 is 5.73 Å². The number of hydrogen-bond donors (Lipinski definition) is 2. The van der Waals surface area contributed by atoms with E-state index in [0.717, 1.165) is 18.6 Å². The molecule has 13 heavy (non-hydrogen) atoms. The molecule has 74 valence electrons. The molecule has 0 amide bonds. The number of nitrogens with two attached hydrogens (primary N) is 1. The SMILES string of the molecule is NCCCCOC(=O)C=CC(=O)O. The number of esters is 1. The lowest BCUT2D eigenvalue weighted by atomic mass is 10.3. The summed E-state index contributed by atoms with van der Waals surface area (Å²) in [5, 5.41) is 8.16. The molecule has 0 aromatic carbocycles. The summed E-state index contributed by atoms with van der Waals surface area (Å²) in [6, 6.07) is 0. The molecule has 5 nitrogen and oxygen atoms in total. The average molecular weight is 187 g/mol. The van der Waals surface area contributed by atoms with Crippen molar-refractivity contribution in [3.05, 3.63) is 12.2 Å². The lowest BCUT2D eigenvalue weighted by Crippen LogP contribution is -2.06. The van der Waals surface area contributed by atoms with E-state index in [4.69, 9.17) is 10.8 Å². The number of carboxylic acid groups (broad SMARTS) is 1. The highest BCUT2D eigenvalue weighted by molar-refractivity contribution is 5.90. The van der Waals surface area contributed by atoms with Crippen LogP contribution >= 0.6 is 0 Å². The van der Waals surface area contributed by atoms with Crippen molar-refractivity contribution in [2.24, 2.45) is 5.73 Å². The van der Waals surface area contributed by atoms with Crippen LogP contribution in [0.5, 0.6) is 0 Å². The monoisotopic (exact) mass is 187 g/mol. The Kier molecular flexibility index (Phi) is 6.53. The first-order chi connectivity index (χ1) is 6.16. The molecule has 0 unspecified atom stereocenters. The van der Waals surface area contributed by atoms with Gasteiger partial charge in [0, 0.05) is 12.2 Å². The van der Waals surface area contributed by atoms with Gasteiger partial charge in [0.05, 0.1) is 6.61 Å². The fourth-order valence-electron chi connectivity index (χ4n) is 0.607. The molecule has 0 heterocycles. The van der Waals surface area contributed by atoms with Gasteiger partial charge in [0.25, 0.3) is 0 Å². The topological polar surface area (TPSA) is 89.6 Å². The number of hydrogen-bond acceptors (Lipinski definition) is 4. The molecule has 0 atom stereocenters.